The van der Waals surface area contributed by atoms with Crippen LogP contribution in [0.1, 0.15) is 53.8 Å². The van der Waals surface area contributed by atoms with E-state index in [4.69, 9.17) is 26.8 Å². The Morgan fingerprint density at radius 2 is 1.94 bits per heavy atom. The minimum absolute atomic E-state index is 0.199. The van der Waals surface area contributed by atoms with Crippen molar-refractivity contribution in [3.05, 3.63) is 58.1 Å². The molecule has 0 saturated carbocycles. The van der Waals surface area contributed by atoms with Crippen LogP contribution in [0.25, 0.3) is 0 Å². The first-order valence-electron chi connectivity index (χ1n) is 10.4. The second-order valence-electron chi connectivity index (χ2n) is 7.40. The lowest BCUT2D eigenvalue weighted by molar-refractivity contribution is -0.156. The van der Waals surface area contributed by atoms with Crippen molar-refractivity contribution < 1.29 is 33.5 Å². The minimum Gasteiger partial charge on any atom is -0.493 e. The van der Waals surface area contributed by atoms with E-state index in [1.165, 1.54) is 18.1 Å². The summed E-state index contributed by atoms with van der Waals surface area (Å²) in [6.07, 6.45) is -0.355. The predicted molar refractivity (Wildman–Crippen MR) is 121 cm³/mol. The van der Waals surface area contributed by atoms with Crippen molar-refractivity contribution in [2.45, 2.75) is 32.4 Å². The van der Waals surface area contributed by atoms with Crippen LogP contribution < -0.4 is 20.7 Å². The van der Waals surface area contributed by atoms with Gasteiger partial charge in [-0.05, 0) is 36.8 Å². The molecule has 1 aliphatic rings. The van der Waals surface area contributed by atoms with Crippen LogP contribution >= 0.6 is 11.6 Å². The second kappa shape index (κ2) is 10.4. The number of nitrogens with two attached hydrogens (primary N) is 1. The zero-order valence-corrected chi connectivity index (χ0v) is 19.5. The molecule has 1 heterocycles. The number of primary amides is 1. The predicted octanol–water partition coefficient (Wildman–Crippen LogP) is 2.46. The average molecular weight is 490 g/mol. The van der Waals surface area contributed by atoms with Crippen LogP contribution in [0.15, 0.2) is 36.4 Å². The van der Waals surface area contributed by atoms with Crippen LogP contribution in [0.4, 0.5) is 0 Å². The molecule has 2 aromatic rings. The van der Waals surface area contributed by atoms with Crippen LogP contribution in [0.2, 0.25) is 5.02 Å². The number of benzene rings is 2. The van der Waals surface area contributed by atoms with Crippen LogP contribution in [0.5, 0.6) is 11.5 Å². The fraction of sp³-hybridized carbons (Fsp3) is 0.304. The van der Waals surface area contributed by atoms with Gasteiger partial charge in [0.15, 0.2) is 11.5 Å². The number of ether oxygens (including phenoxy) is 2. The number of amides is 3. The van der Waals surface area contributed by atoms with E-state index in [2.05, 4.69) is 4.84 Å². The number of nitrogens with one attached hydrogen (secondary N) is 1. The molecule has 2 atom stereocenters. The maximum absolute atomic E-state index is 13.4. The van der Waals surface area contributed by atoms with E-state index in [0.717, 1.165) is 6.92 Å². The molecule has 1 aliphatic heterocycles. The summed E-state index contributed by atoms with van der Waals surface area (Å²) in [6.45, 7) is 3.26. The second-order valence-corrected chi connectivity index (χ2v) is 7.81. The van der Waals surface area contributed by atoms with Gasteiger partial charge in [-0.1, -0.05) is 23.7 Å². The third kappa shape index (κ3) is 4.91. The Morgan fingerprint density at radius 3 is 2.56 bits per heavy atom. The lowest BCUT2D eigenvalue weighted by atomic mass is 9.98. The van der Waals surface area contributed by atoms with Crippen molar-refractivity contribution in [1.29, 1.82) is 0 Å². The third-order valence-electron chi connectivity index (χ3n) is 5.23. The highest BCUT2D eigenvalue weighted by atomic mass is 35.5. The number of rotatable bonds is 8. The summed E-state index contributed by atoms with van der Waals surface area (Å²) in [7, 11) is 1.48. The molecule has 0 fully saturated rings. The summed E-state index contributed by atoms with van der Waals surface area (Å²) in [5.74, 6) is -1.94. The summed E-state index contributed by atoms with van der Waals surface area (Å²) in [4.78, 5) is 55.5. The van der Waals surface area contributed by atoms with E-state index in [0.29, 0.717) is 23.7 Å². The van der Waals surface area contributed by atoms with Crippen molar-refractivity contribution in [2.75, 3.05) is 13.7 Å². The molecule has 3 amide bonds. The molecule has 2 unspecified atom stereocenters. The quantitative estimate of drug-likeness (QED) is 0.543. The van der Waals surface area contributed by atoms with E-state index >= 15 is 0 Å². The molecular formula is C23H24ClN3O7. The Labute approximate surface area is 200 Å². The van der Waals surface area contributed by atoms with Crippen molar-refractivity contribution in [2.24, 2.45) is 5.73 Å². The normalized spacial score (nSPS) is 15.4. The van der Waals surface area contributed by atoms with E-state index in [1.807, 2.05) is 5.48 Å². The molecule has 0 aliphatic carbocycles. The van der Waals surface area contributed by atoms with E-state index in [1.54, 1.807) is 37.3 Å². The summed E-state index contributed by atoms with van der Waals surface area (Å²) in [5, 5.41) is 0.199. The van der Waals surface area contributed by atoms with Crippen LogP contribution in [-0.4, -0.2) is 42.3 Å². The molecule has 180 valence electrons. The van der Waals surface area contributed by atoms with Gasteiger partial charge in [0.25, 0.3) is 11.8 Å². The highest BCUT2D eigenvalue weighted by Crippen LogP contribution is 2.45. The van der Waals surface area contributed by atoms with Gasteiger partial charge in [0, 0.05) is 23.1 Å². The lowest BCUT2D eigenvalue weighted by Crippen LogP contribution is -2.41. The summed E-state index contributed by atoms with van der Waals surface area (Å²) in [5.41, 5.74) is 8.67. The van der Waals surface area contributed by atoms with Gasteiger partial charge >= 0.3 is 5.97 Å². The standard InChI is InChI=1S/C23H24ClN3O7/c1-4-33-18-10-13(8-9-17(18)32-3)16(11-19(29)26-34-12(2)28)27-21(22(25)30)20-14(23(27)31)6-5-7-15(20)24/h5-10,16,21H,4,11H2,1-3H3,(H2,25,30)(H,26,29). The summed E-state index contributed by atoms with van der Waals surface area (Å²) >= 11 is 6.33. The fourth-order valence-corrected chi connectivity index (χ4v) is 4.17. The molecule has 0 bridgehead atoms. The number of halogens is 1. The molecule has 2 aromatic carbocycles. The van der Waals surface area contributed by atoms with Gasteiger partial charge in [-0.25, -0.2) is 0 Å². The molecule has 10 nitrogen and oxygen atoms in total. The Hall–Kier alpha value is -3.79. The number of methoxy groups -OCH3 is 1. The molecular weight excluding hydrogens is 466 g/mol. The highest BCUT2D eigenvalue weighted by Gasteiger charge is 2.46. The Bertz CT molecular complexity index is 1140. The summed E-state index contributed by atoms with van der Waals surface area (Å²) in [6, 6.07) is 7.34. The Morgan fingerprint density at radius 1 is 1.21 bits per heavy atom. The zero-order valence-electron chi connectivity index (χ0n) is 18.8. The van der Waals surface area contributed by atoms with Gasteiger partial charge in [-0.2, -0.15) is 5.48 Å². The minimum atomic E-state index is -1.22. The van der Waals surface area contributed by atoms with Crippen LogP contribution in [-0.2, 0) is 19.2 Å². The smallest absolute Gasteiger partial charge is 0.329 e. The lowest BCUT2D eigenvalue weighted by Gasteiger charge is -2.32. The van der Waals surface area contributed by atoms with Crippen molar-refractivity contribution >= 4 is 35.3 Å². The first-order valence-corrected chi connectivity index (χ1v) is 10.7. The van der Waals surface area contributed by atoms with Crippen molar-refractivity contribution in [1.82, 2.24) is 10.4 Å². The topological polar surface area (TPSA) is 137 Å². The first-order chi connectivity index (χ1) is 16.2. The maximum Gasteiger partial charge on any atom is 0.329 e. The number of nitrogens with zero attached hydrogens (tertiary/aromatic N) is 1. The van der Waals surface area contributed by atoms with Gasteiger partial charge in [0.1, 0.15) is 6.04 Å². The van der Waals surface area contributed by atoms with Crippen LogP contribution in [0, 0.1) is 0 Å². The molecule has 0 aromatic heterocycles. The maximum atomic E-state index is 13.4. The SMILES string of the molecule is CCOc1cc(C(CC(=O)NOC(C)=O)N2C(=O)c3cccc(Cl)c3C2C(N)=O)ccc1OC. The number of carbonyl (C=O) groups excluding carboxylic acids is 4. The number of hydrogen-bond donors (Lipinski definition) is 2. The monoisotopic (exact) mass is 489 g/mol. The van der Waals surface area contributed by atoms with Crippen LogP contribution in [0.3, 0.4) is 0 Å². The molecule has 0 spiro atoms. The fourth-order valence-electron chi connectivity index (χ4n) is 3.89. The zero-order chi connectivity index (χ0) is 25.0. The number of carbonyl (C=O) groups is 4. The number of hydroxylamine groups is 1. The van der Waals surface area contributed by atoms with Gasteiger partial charge in [-0.15, -0.1) is 0 Å². The van der Waals surface area contributed by atoms with Gasteiger partial charge in [0.05, 0.1) is 26.2 Å². The van der Waals surface area contributed by atoms with E-state index in [-0.39, 0.29) is 22.6 Å². The molecule has 0 radical (unpaired) electrons. The number of fused-ring (bicyclic) bond motifs is 1. The number of hydrogen-bond acceptors (Lipinski definition) is 7. The van der Waals surface area contributed by atoms with Gasteiger partial charge in [-0.3, -0.25) is 19.2 Å². The van der Waals surface area contributed by atoms with Crippen molar-refractivity contribution in [3.63, 3.8) is 0 Å². The average Bonchev–Trinajstić information content (AvgIpc) is 3.10. The summed E-state index contributed by atoms with van der Waals surface area (Å²) < 4.78 is 11.0. The molecule has 3 rings (SSSR count). The Kier molecular flexibility index (Phi) is 7.62. The molecule has 34 heavy (non-hydrogen) atoms. The van der Waals surface area contributed by atoms with Gasteiger partial charge in [0.2, 0.25) is 5.91 Å². The molecule has 0 saturated heterocycles. The third-order valence-corrected chi connectivity index (χ3v) is 5.56. The molecule has 11 heteroatoms. The highest BCUT2D eigenvalue weighted by molar-refractivity contribution is 6.32. The molecule has 3 N–H and O–H groups in total. The first kappa shape index (κ1) is 24.8. The van der Waals surface area contributed by atoms with Gasteiger partial charge < -0.3 is 24.9 Å². The van der Waals surface area contributed by atoms with E-state index in [9.17, 15) is 19.2 Å². The van der Waals surface area contributed by atoms with E-state index < -0.39 is 35.8 Å². The van der Waals surface area contributed by atoms with Crippen molar-refractivity contribution in [3.8, 4) is 11.5 Å². The largest absolute Gasteiger partial charge is 0.493 e. The Balaban J connectivity index is 2.12.